The maximum absolute atomic E-state index is 12.4. The van der Waals surface area contributed by atoms with Crippen molar-refractivity contribution in [2.24, 2.45) is 0 Å². The molecular weight excluding hydrogens is 226 g/mol. The van der Waals surface area contributed by atoms with Crippen LogP contribution in [0.3, 0.4) is 0 Å². The number of carbonyl (C=O) groups is 1. The number of hydrogen-bond donors (Lipinski definition) is 1. The molecule has 1 amide bonds. The van der Waals surface area contributed by atoms with Gasteiger partial charge in [-0.05, 0) is 46.2 Å². The molecule has 100 valence electrons. The molecule has 0 unspecified atom stereocenters. The molecule has 1 N–H and O–H groups in total. The molecule has 0 atom stereocenters. The van der Waals surface area contributed by atoms with Crippen LogP contribution in [0.4, 0.5) is 0 Å². The number of rotatable bonds is 4. The Balaban J connectivity index is 2.97. The number of amides is 1. The minimum atomic E-state index is -0.871. The first-order valence-corrected chi connectivity index (χ1v) is 6.33. The van der Waals surface area contributed by atoms with Crippen molar-refractivity contribution in [2.75, 3.05) is 13.1 Å². The van der Waals surface area contributed by atoms with Crippen LogP contribution in [0.25, 0.3) is 0 Å². The van der Waals surface area contributed by atoms with E-state index in [1.54, 1.807) is 18.7 Å². The first-order chi connectivity index (χ1) is 8.24. The van der Waals surface area contributed by atoms with Crippen molar-refractivity contribution in [1.29, 1.82) is 0 Å². The van der Waals surface area contributed by atoms with Crippen LogP contribution in [-0.2, 0) is 0 Å². The van der Waals surface area contributed by atoms with E-state index in [9.17, 15) is 9.90 Å². The van der Waals surface area contributed by atoms with E-state index in [0.717, 1.165) is 11.1 Å². The summed E-state index contributed by atoms with van der Waals surface area (Å²) < 4.78 is 0. The third-order valence-corrected chi connectivity index (χ3v) is 2.86. The Morgan fingerprint density at radius 1 is 1.33 bits per heavy atom. The van der Waals surface area contributed by atoms with Crippen molar-refractivity contribution in [3.05, 3.63) is 34.9 Å². The van der Waals surface area contributed by atoms with E-state index in [2.05, 4.69) is 0 Å². The van der Waals surface area contributed by atoms with E-state index in [0.29, 0.717) is 18.7 Å². The second kappa shape index (κ2) is 5.53. The molecule has 0 heterocycles. The van der Waals surface area contributed by atoms with Gasteiger partial charge in [-0.15, -0.1) is 0 Å². The molecule has 0 bridgehead atoms. The third-order valence-electron chi connectivity index (χ3n) is 2.86. The van der Waals surface area contributed by atoms with Crippen molar-refractivity contribution in [2.45, 2.75) is 40.2 Å². The fourth-order valence-corrected chi connectivity index (χ4v) is 2.02. The highest BCUT2D eigenvalue weighted by Crippen LogP contribution is 2.15. The van der Waals surface area contributed by atoms with E-state index in [1.165, 1.54) is 0 Å². The van der Waals surface area contributed by atoms with Gasteiger partial charge in [0.25, 0.3) is 5.91 Å². The number of benzene rings is 1. The summed E-state index contributed by atoms with van der Waals surface area (Å²) in [7, 11) is 0. The molecule has 0 spiro atoms. The SMILES string of the molecule is CCN(CC(C)(C)O)C(=O)c1ccc(C)cc1C. The largest absolute Gasteiger partial charge is 0.389 e. The Morgan fingerprint density at radius 3 is 2.39 bits per heavy atom. The standard InChI is InChI=1S/C15H23NO2/c1-6-16(10-15(4,5)18)14(17)13-8-7-11(2)9-12(13)3/h7-9,18H,6,10H2,1-5H3. The quantitative estimate of drug-likeness (QED) is 0.890. The van der Waals surface area contributed by atoms with Crippen LogP contribution < -0.4 is 0 Å². The Hall–Kier alpha value is -1.35. The van der Waals surface area contributed by atoms with Crippen LogP contribution in [0.15, 0.2) is 18.2 Å². The van der Waals surface area contributed by atoms with E-state index in [1.807, 2.05) is 39.0 Å². The molecule has 0 aromatic heterocycles. The average molecular weight is 249 g/mol. The summed E-state index contributed by atoms with van der Waals surface area (Å²) in [5.41, 5.74) is 1.97. The summed E-state index contributed by atoms with van der Waals surface area (Å²) in [6.45, 7) is 10.2. The van der Waals surface area contributed by atoms with Crippen molar-refractivity contribution in [3.8, 4) is 0 Å². The number of nitrogens with zero attached hydrogens (tertiary/aromatic N) is 1. The molecule has 0 radical (unpaired) electrons. The Labute approximate surface area is 109 Å². The van der Waals surface area contributed by atoms with Crippen molar-refractivity contribution in [3.63, 3.8) is 0 Å². The highest BCUT2D eigenvalue weighted by molar-refractivity contribution is 5.95. The van der Waals surface area contributed by atoms with Gasteiger partial charge in [-0.3, -0.25) is 4.79 Å². The van der Waals surface area contributed by atoms with Gasteiger partial charge in [0.2, 0.25) is 0 Å². The van der Waals surface area contributed by atoms with Crippen LogP contribution in [0.2, 0.25) is 0 Å². The van der Waals surface area contributed by atoms with Gasteiger partial charge in [-0.2, -0.15) is 0 Å². The molecular formula is C15H23NO2. The lowest BCUT2D eigenvalue weighted by Crippen LogP contribution is -2.42. The van der Waals surface area contributed by atoms with Crippen LogP contribution in [-0.4, -0.2) is 34.6 Å². The molecule has 0 saturated heterocycles. The third kappa shape index (κ3) is 3.84. The van der Waals surface area contributed by atoms with Gasteiger partial charge in [0.05, 0.1) is 5.60 Å². The Bertz CT molecular complexity index is 433. The van der Waals surface area contributed by atoms with Crippen LogP contribution >= 0.6 is 0 Å². The summed E-state index contributed by atoms with van der Waals surface area (Å²) >= 11 is 0. The lowest BCUT2D eigenvalue weighted by Gasteiger charge is -2.28. The highest BCUT2D eigenvalue weighted by Gasteiger charge is 2.23. The smallest absolute Gasteiger partial charge is 0.254 e. The molecule has 18 heavy (non-hydrogen) atoms. The number of aryl methyl sites for hydroxylation is 2. The second-order valence-corrected chi connectivity index (χ2v) is 5.45. The van der Waals surface area contributed by atoms with E-state index in [-0.39, 0.29) is 5.91 Å². The van der Waals surface area contributed by atoms with Gasteiger partial charge in [0, 0.05) is 18.7 Å². The summed E-state index contributed by atoms with van der Waals surface area (Å²) in [6, 6.07) is 5.81. The monoisotopic (exact) mass is 249 g/mol. The van der Waals surface area contributed by atoms with Crippen LogP contribution in [0, 0.1) is 13.8 Å². The van der Waals surface area contributed by atoms with Crippen LogP contribution in [0.5, 0.6) is 0 Å². The summed E-state index contributed by atoms with van der Waals surface area (Å²) in [4.78, 5) is 14.1. The zero-order valence-corrected chi connectivity index (χ0v) is 11.9. The lowest BCUT2D eigenvalue weighted by atomic mass is 10.0. The number of aliphatic hydroxyl groups is 1. The molecule has 0 aliphatic carbocycles. The lowest BCUT2D eigenvalue weighted by molar-refractivity contribution is 0.0314. The first-order valence-electron chi connectivity index (χ1n) is 6.33. The zero-order valence-electron chi connectivity index (χ0n) is 11.9. The fraction of sp³-hybridized carbons (Fsp3) is 0.533. The molecule has 0 aliphatic heterocycles. The number of likely N-dealkylation sites (N-methyl/N-ethyl adjacent to an activating group) is 1. The minimum Gasteiger partial charge on any atom is -0.389 e. The van der Waals surface area contributed by atoms with E-state index < -0.39 is 5.60 Å². The molecule has 1 rings (SSSR count). The normalized spacial score (nSPS) is 11.4. The maximum Gasteiger partial charge on any atom is 0.254 e. The van der Waals surface area contributed by atoms with Gasteiger partial charge >= 0.3 is 0 Å². The molecule has 0 saturated carbocycles. The van der Waals surface area contributed by atoms with Gasteiger partial charge in [-0.1, -0.05) is 17.7 Å². The number of hydrogen-bond acceptors (Lipinski definition) is 2. The van der Waals surface area contributed by atoms with Crippen LogP contribution in [0.1, 0.15) is 42.3 Å². The van der Waals surface area contributed by atoms with Gasteiger partial charge in [-0.25, -0.2) is 0 Å². The Morgan fingerprint density at radius 2 is 1.94 bits per heavy atom. The minimum absolute atomic E-state index is 0.0166. The molecule has 1 aromatic rings. The Kier molecular flexibility index (Phi) is 4.52. The summed E-state index contributed by atoms with van der Waals surface area (Å²) in [6.07, 6.45) is 0. The summed E-state index contributed by atoms with van der Waals surface area (Å²) in [5, 5.41) is 9.83. The fourth-order valence-electron chi connectivity index (χ4n) is 2.02. The van der Waals surface area contributed by atoms with Crippen molar-refractivity contribution in [1.82, 2.24) is 4.90 Å². The van der Waals surface area contributed by atoms with Gasteiger partial charge in [0.15, 0.2) is 0 Å². The molecule has 1 aromatic carbocycles. The molecule has 0 aliphatic rings. The first kappa shape index (κ1) is 14.7. The molecule has 3 heteroatoms. The topological polar surface area (TPSA) is 40.5 Å². The highest BCUT2D eigenvalue weighted by atomic mass is 16.3. The number of carbonyl (C=O) groups excluding carboxylic acids is 1. The van der Waals surface area contributed by atoms with E-state index in [4.69, 9.17) is 0 Å². The zero-order chi connectivity index (χ0) is 13.9. The van der Waals surface area contributed by atoms with E-state index >= 15 is 0 Å². The van der Waals surface area contributed by atoms with Crippen molar-refractivity contribution < 1.29 is 9.90 Å². The van der Waals surface area contributed by atoms with Gasteiger partial charge < -0.3 is 10.0 Å². The van der Waals surface area contributed by atoms with Crippen molar-refractivity contribution >= 4 is 5.91 Å². The molecule has 0 fully saturated rings. The molecule has 3 nitrogen and oxygen atoms in total. The predicted octanol–water partition coefficient (Wildman–Crippen LogP) is 2.54. The average Bonchev–Trinajstić information content (AvgIpc) is 2.24. The second-order valence-electron chi connectivity index (χ2n) is 5.45. The van der Waals surface area contributed by atoms with Gasteiger partial charge in [0.1, 0.15) is 0 Å². The summed E-state index contributed by atoms with van der Waals surface area (Å²) in [5.74, 6) is -0.0166. The predicted molar refractivity (Wildman–Crippen MR) is 73.8 cm³/mol. The maximum atomic E-state index is 12.4.